The van der Waals surface area contributed by atoms with E-state index in [2.05, 4.69) is 16.7 Å². The molecule has 3 aromatic rings. The van der Waals surface area contributed by atoms with E-state index in [9.17, 15) is 9.59 Å². The van der Waals surface area contributed by atoms with Gasteiger partial charge in [-0.05, 0) is 51.5 Å². The highest BCUT2D eigenvalue weighted by molar-refractivity contribution is 6.00. The van der Waals surface area contributed by atoms with Crippen LogP contribution >= 0.6 is 0 Å². The van der Waals surface area contributed by atoms with Crippen molar-refractivity contribution in [3.8, 4) is 0 Å². The van der Waals surface area contributed by atoms with Gasteiger partial charge in [-0.15, -0.1) is 0 Å². The van der Waals surface area contributed by atoms with Crippen molar-refractivity contribution < 1.29 is 14.3 Å². The molecule has 0 aliphatic rings. The van der Waals surface area contributed by atoms with Gasteiger partial charge in [-0.25, -0.2) is 4.79 Å². The SMILES string of the molecule is Cc1cc(C)cc(C(=O)OCC(=O)c2cc(C)n(Cc3ccccc3)c2C)c1. The first-order valence-corrected chi connectivity index (χ1v) is 9.34. The van der Waals surface area contributed by atoms with E-state index in [0.717, 1.165) is 22.5 Å². The maximum absolute atomic E-state index is 12.7. The molecule has 1 aromatic heterocycles. The quantitative estimate of drug-likeness (QED) is 0.459. The molecule has 4 heteroatoms. The summed E-state index contributed by atoms with van der Waals surface area (Å²) in [5, 5.41) is 0. The van der Waals surface area contributed by atoms with Crippen LogP contribution in [0.4, 0.5) is 0 Å². The smallest absolute Gasteiger partial charge is 0.338 e. The highest BCUT2D eigenvalue weighted by Gasteiger charge is 2.18. The van der Waals surface area contributed by atoms with Gasteiger partial charge in [0, 0.05) is 23.5 Å². The summed E-state index contributed by atoms with van der Waals surface area (Å²) >= 11 is 0. The number of carbonyl (C=O) groups is 2. The largest absolute Gasteiger partial charge is 0.454 e. The lowest BCUT2D eigenvalue weighted by Gasteiger charge is -2.10. The average molecular weight is 375 g/mol. The van der Waals surface area contributed by atoms with Crippen molar-refractivity contribution in [2.45, 2.75) is 34.2 Å². The Morgan fingerprint density at radius 3 is 2.18 bits per heavy atom. The topological polar surface area (TPSA) is 48.3 Å². The second-order valence-electron chi connectivity index (χ2n) is 7.23. The number of ketones is 1. The molecular weight excluding hydrogens is 350 g/mol. The van der Waals surface area contributed by atoms with Gasteiger partial charge in [-0.3, -0.25) is 4.79 Å². The number of benzene rings is 2. The maximum Gasteiger partial charge on any atom is 0.338 e. The number of Topliss-reactive ketones (excluding diaryl/α,β-unsaturated/α-hetero) is 1. The summed E-state index contributed by atoms with van der Waals surface area (Å²) in [6.45, 7) is 8.20. The molecule has 0 saturated heterocycles. The van der Waals surface area contributed by atoms with Gasteiger partial charge in [0.15, 0.2) is 6.61 Å². The maximum atomic E-state index is 12.7. The number of carbonyl (C=O) groups excluding carboxylic acids is 2. The molecule has 1 heterocycles. The summed E-state index contributed by atoms with van der Waals surface area (Å²) in [6, 6.07) is 17.5. The first-order valence-electron chi connectivity index (χ1n) is 9.34. The van der Waals surface area contributed by atoms with Crippen LogP contribution in [-0.4, -0.2) is 22.9 Å². The van der Waals surface area contributed by atoms with E-state index in [1.165, 1.54) is 5.56 Å². The molecule has 0 spiro atoms. The van der Waals surface area contributed by atoms with Crippen LogP contribution in [0, 0.1) is 27.7 Å². The Kier molecular flexibility index (Phi) is 5.78. The van der Waals surface area contributed by atoms with E-state index in [1.54, 1.807) is 12.1 Å². The van der Waals surface area contributed by atoms with Crippen molar-refractivity contribution in [3.05, 3.63) is 93.8 Å². The van der Waals surface area contributed by atoms with Crippen molar-refractivity contribution in [2.75, 3.05) is 6.61 Å². The number of esters is 1. The zero-order chi connectivity index (χ0) is 20.3. The predicted octanol–water partition coefficient (Wildman–Crippen LogP) is 4.81. The molecule has 0 aliphatic heterocycles. The average Bonchev–Trinajstić information content (AvgIpc) is 2.94. The molecule has 4 nitrogen and oxygen atoms in total. The third-order valence-electron chi connectivity index (χ3n) is 4.85. The summed E-state index contributed by atoms with van der Waals surface area (Å²) in [5.74, 6) is -0.664. The minimum Gasteiger partial charge on any atom is -0.454 e. The molecule has 0 atom stereocenters. The minimum absolute atomic E-state index is 0.190. The highest BCUT2D eigenvalue weighted by Crippen LogP contribution is 2.18. The zero-order valence-corrected chi connectivity index (χ0v) is 16.8. The van der Waals surface area contributed by atoms with Crippen molar-refractivity contribution in [2.24, 2.45) is 0 Å². The summed E-state index contributed by atoms with van der Waals surface area (Å²) in [4.78, 5) is 25.0. The summed E-state index contributed by atoms with van der Waals surface area (Å²) in [6.07, 6.45) is 0. The van der Waals surface area contributed by atoms with E-state index in [4.69, 9.17) is 4.74 Å². The Morgan fingerprint density at radius 1 is 0.893 bits per heavy atom. The third kappa shape index (κ3) is 4.39. The van der Waals surface area contributed by atoms with Crippen molar-refractivity contribution >= 4 is 11.8 Å². The minimum atomic E-state index is -0.474. The number of hydrogen-bond acceptors (Lipinski definition) is 3. The van der Waals surface area contributed by atoms with Gasteiger partial charge in [0.1, 0.15) is 0 Å². The fraction of sp³-hybridized carbons (Fsp3) is 0.250. The van der Waals surface area contributed by atoms with Crippen LogP contribution in [0.5, 0.6) is 0 Å². The molecule has 28 heavy (non-hydrogen) atoms. The van der Waals surface area contributed by atoms with Gasteiger partial charge >= 0.3 is 5.97 Å². The number of rotatable bonds is 6. The van der Waals surface area contributed by atoms with E-state index >= 15 is 0 Å². The lowest BCUT2D eigenvalue weighted by atomic mass is 10.1. The van der Waals surface area contributed by atoms with E-state index in [0.29, 0.717) is 17.7 Å². The van der Waals surface area contributed by atoms with Crippen LogP contribution in [0.1, 0.15) is 48.8 Å². The summed E-state index contributed by atoms with van der Waals surface area (Å²) < 4.78 is 7.38. The standard InChI is InChI=1S/C24H25NO3/c1-16-10-17(2)12-21(11-16)24(27)28-15-23(26)22-13-18(3)25(19(22)4)14-20-8-6-5-7-9-20/h5-13H,14-15H2,1-4H3. The Morgan fingerprint density at radius 2 is 1.54 bits per heavy atom. The van der Waals surface area contributed by atoms with E-state index in [1.807, 2.05) is 58.0 Å². The van der Waals surface area contributed by atoms with Crippen LogP contribution in [0.2, 0.25) is 0 Å². The number of ether oxygens (including phenoxy) is 1. The lowest BCUT2D eigenvalue weighted by Crippen LogP contribution is -2.15. The van der Waals surface area contributed by atoms with E-state index < -0.39 is 5.97 Å². The molecule has 0 fully saturated rings. The molecule has 0 aliphatic carbocycles. The third-order valence-corrected chi connectivity index (χ3v) is 4.85. The number of aromatic nitrogens is 1. The highest BCUT2D eigenvalue weighted by atomic mass is 16.5. The molecule has 0 bridgehead atoms. The molecule has 0 amide bonds. The van der Waals surface area contributed by atoms with Crippen LogP contribution in [0.3, 0.4) is 0 Å². The second-order valence-corrected chi connectivity index (χ2v) is 7.23. The van der Waals surface area contributed by atoms with Crippen molar-refractivity contribution in [1.29, 1.82) is 0 Å². The van der Waals surface area contributed by atoms with Gasteiger partial charge in [0.05, 0.1) is 5.56 Å². The fourth-order valence-corrected chi connectivity index (χ4v) is 3.48. The molecule has 2 aromatic carbocycles. The normalized spacial score (nSPS) is 10.7. The summed E-state index contributed by atoms with van der Waals surface area (Å²) in [5.41, 5.74) is 6.11. The van der Waals surface area contributed by atoms with Gasteiger partial charge in [-0.1, -0.05) is 47.5 Å². The van der Waals surface area contributed by atoms with Crippen LogP contribution in [0.15, 0.2) is 54.6 Å². The molecule has 144 valence electrons. The lowest BCUT2D eigenvalue weighted by molar-refractivity contribution is 0.0474. The second kappa shape index (κ2) is 8.26. The van der Waals surface area contributed by atoms with Gasteiger partial charge in [0.25, 0.3) is 0 Å². The van der Waals surface area contributed by atoms with Gasteiger partial charge in [0.2, 0.25) is 5.78 Å². The molecule has 0 radical (unpaired) electrons. The Hall–Kier alpha value is -3.14. The van der Waals surface area contributed by atoms with Crippen molar-refractivity contribution in [1.82, 2.24) is 4.57 Å². The number of hydrogen-bond donors (Lipinski definition) is 0. The van der Waals surface area contributed by atoms with E-state index in [-0.39, 0.29) is 12.4 Å². The van der Waals surface area contributed by atoms with Crippen LogP contribution in [-0.2, 0) is 11.3 Å². The predicted molar refractivity (Wildman–Crippen MR) is 110 cm³/mol. The molecule has 3 rings (SSSR count). The fourth-order valence-electron chi connectivity index (χ4n) is 3.48. The number of aryl methyl sites for hydroxylation is 3. The van der Waals surface area contributed by atoms with Crippen LogP contribution in [0.25, 0.3) is 0 Å². The first-order chi connectivity index (χ1) is 13.3. The Balaban J connectivity index is 1.71. The monoisotopic (exact) mass is 375 g/mol. The zero-order valence-electron chi connectivity index (χ0n) is 16.8. The number of nitrogens with zero attached hydrogens (tertiary/aromatic N) is 1. The van der Waals surface area contributed by atoms with Gasteiger partial charge < -0.3 is 9.30 Å². The molecular formula is C24H25NO3. The Labute approximate surface area is 165 Å². The van der Waals surface area contributed by atoms with Gasteiger partial charge in [-0.2, -0.15) is 0 Å². The Bertz CT molecular complexity index is 996. The van der Waals surface area contributed by atoms with Crippen LogP contribution < -0.4 is 0 Å². The molecule has 0 unspecified atom stereocenters. The first kappa shape index (κ1) is 19.6. The van der Waals surface area contributed by atoms with Crippen molar-refractivity contribution in [3.63, 3.8) is 0 Å². The molecule has 0 N–H and O–H groups in total. The molecule has 0 saturated carbocycles. The summed E-state index contributed by atoms with van der Waals surface area (Å²) in [7, 11) is 0.